The minimum Gasteiger partial charge on any atom is -0.371 e. The lowest BCUT2D eigenvalue weighted by molar-refractivity contribution is 0.659. The summed E-state index contributed by atoms with van der Waals surface area (Å²) in [7, 11) is 0. The van der Waals surface area contributed by atoms with Crippen molar-refractivity contribution in [3.05, 3.63) is 95.1 Å². The Morgan fingerprint density at radius 2 is 1.88 bits per heavy atom. The second-order valence-corrected chi connectivity index (χ2v) is 8.44. The van der Waals surface area contributed by atoms with Gasteiger partial charge in [-0.3, -0.25) is 4.40 Å². The fourth-order valence-electron chi connectivity index (χ4n) is 4.38. The lowest BCUT2D eigenvalue weighted by atomic mass is 9.97. The number of aromatic nitrogens is 4. The number of nitriles is 1. The smallest absolute Gasteiger partial charge is 0.157 e. The molecule has 0 amide bonds. The van der Waals surface area contributed by atoms with Crippen molar-refractivity contribution in [1.82, 2.24) is 18.9 Å². The molecule has 5 rings (SSSR count). The van der Waals surface area contributed by atoms with Gasteiger partial charge in [0, 0.05) is 37.5 Å². The number of para-hydroxylation sites is 2. The zero-order chi connectivity index (χ0) is 22.8. The van der Waals surface area contributed by atoms with E-state index in [2.05, 4.69) is 62.6 Å². The van der Waals surface area contributed by atoms with Gasteiger partial charge in [-0.15, -0.1) is 0 Å². The van der Waals surface area contributed by atoms with Gasteiger partial charge in [-0.05, 0) is 43.5 Å². The van der Waals surface area contributed by atoms with Gasteiger partial charge < -0.3 is 9.88 Å². The van der Waals surface area contributed by atoms with Gasteiger partial charge in [0.15, 0.2) is 5.65 Å². The zero-order valence-corrected chi connectivity index (χ0v) is 18.9. The van der Waals surface area contributed by atoms with Gasteiger partial charge in [-0.1, -0.05) is 42.0 Å². The van der Waals surface area contributed by atoms with Gasteiger partial charge in [0.25, 0.3) is 0 Å². The quantitative estimate of drug-likeness (QED) is 0.355. The number of hydrogen-bond acceptors (Lipinski definition) is 4. The largest absolute Gasteiger partial charge is 0.371 e. The molecule has 0 saturated carbocycles. The van der Waals surface area contributed by atoms with Crippen LogP contribution in [0.4, 0.5) is 5.82 Å². The van der Waals surface area contributed by atoms with E-state index in [0.717, 1.165) is 53.9 Å². The second kappa shape index (κ2) is 8.79. The summed E-state index contributed by atoms with van der Waals surface area (Å²) in [6.45, 7) is 5.83. The van der Waals surface area contributed by atoms with Crippen LogP contribution in [-0.4, -0.2) is 25.5 Å². The van der Waals surface area contributed by atoms with Crippen molar-refractivity contribution in [3.8, 4) is 6.07 Å². The summed E-state index contributed by atoms with van der Waals surface area (Å²) in [5.74, 6) is 1.02. The number of fused-ring (bicyclic) bond motifs is 3. The van der Waals surface area contributed by atoms with E-state index in [0.29, 0.717) is 11.2 Å². The Hall–Kier alpha value is -4.11. The highest BCUT2D eigenvalue weighted by Gasteiger charge is 2.20. The van der Waals surface area contributed by atoms with E-state index in [4.69, 9.17) is 4.98 Å². The molecule has 6 heteroatoms. The second-order valence-electron chi connectivity index (χ2n) is 8.44. The highest BCUT2D eigenvalue weighted by atomic mass is 15.1. The molecule has 0 aliphatic carbocycles. The molecule has 0 fully saturated rings. The van der Waals surface area contributed by atoms with Gasteiger partial charge >= 0.3 is 0 Å². The van der Waals surface area contributed by atoms with Crippen LogP contribution in [0.25, 0.3) is 16.7 Å². The molecule has 2 aromatic carbocycles. The number of pyridine rings is 1. The van der Waals surface area contributed by atoms with Crippen LogP contribution in [0.2, 0.25) is 0 Å². The van der Waals surface area contributed by atoms with Gasteiger partial charge in [0.1, 0.15) is 11.9 Å². The molecule has 164 valence electrons. The van der Waals surface area contributed by atoms with E-state index in [1.54, 1.807) is 6.20 Å². The van der Waals surface area contributed by atoms with Crippen LogP contribution in [0.1, 0.15) is 34.2 Å². The van der Waals surface area contributed by atoms with Gasteiger partial charge in [0.2, 0.25) is 0 Å². The molecule has 0 radical (unpaired) electrons. The average molecular weight is 435 g/mol. The third-order valence-corrected chi connectivity index (χ3v) is 6.18. The third kappa shape index (κ3) is 3.94. The van der Waals surface area contributed by atoms with E-state index in [9.17, 15) is 5.26 Å². The summed E-state index contributed by atoms with van der Waals surface area (Å²) in [4.78, 5) is 8.95. The van der Waals surface area contributed by atoms with E-state index < -0.39 is 0 Å². The molecule has 0 atom stereocenters. The third-order valence-electron chi connectivity index (χ3n) is 6.18. The molecule has 0 unspecified atom stereocenters. The summed E-state index contributed by atoms with van der Waals surface area (Å²) < 4.78 is 4.21. The van der Waals surface area contributed by atoms with Crippen molar-refractivity contribution in [2.24, 2.45) is 0 Å². The molecule has 3 aromatic heterocycles. The van der Waals surface area contributed by atoms with Crippen LogP contribution >= 0.6 is 0 Å². The number of nitrogens with one attached hydrogen (secondary N) is 1. The normalized spacial score (nSPS) is 11.2. The molecule has 0 aliphatic heterocycles. The van der Waals surface area contributed by atoms with Crippen molar-refractivity contribution in [2.45, 2.75) is 33.2 Å². The molecular formula is C27H26N6. The van der Waals surface area contributed by atoms with Crippen LogP contribution in [0.3, 0.4) is 0 Å². The minimum atomic E-state index is 0.636. The van der Waals surface area contributed by atoms with Crippen molar-refractivity contribution < 1.29 is 0 Å². The van der Waals surface area contributed by atoms with Crippen LogP contribution in [0, 0.1) is 25.2 Å². The van der Waals surface area contributed by atoms with Crippen LogP contribution in [-0.2, 0) is 13.0 Å². The maximum atomic E-state index is 10.0. The monoisotopic (exact) mass is 434 g/mol. The standard InChI is InChI=1S/C27H26N6/c1-19-8-10-21(11-9-19)16-22-20(2)23(17-28)27-31-24-6-3-4-7-25(24)33(27)26(22)30-12-5-14-32-15-13-29-18-32/h3-4,6-11,13,15,18,30H,5,12,14,16H2,1-2H3. The highest BCUT2D eigenvalue weighted by Crippen LogP contribution is 2.32. The molecule has 0 saturated heterocycles. The number of nitrogens with zero attached hydrogens (tertiary/aromatic N) is 5. The van der Waals surface area contributed by atoms with Crippen LogP contribution in [0.15, 0.2) is 67.3 Å². The molecule has 0 spiro atoms. The van der Waals surface area contributed by atoms with E-state index in [-0.39, 0.29) is 0 Å². The summed E-state index contributed by atoms with van der Waals surface area (Å²) in [6, 6.07) is 19.1. The number of hydrogen-bond donors (Lipinski definition) is 1. The maximum Gasteiger partial charge on any atom is 0.157 e. The highest BCUT2D eigenvalue weighted by molar-refractivity contribution is 5.86. The first-order valence-electron chi connectivity index (χ1n) is 11.2. The molecule has 1 N–H and O–H groups in total. The fraction of sp³-hybridized carbons (Fsp3) is 0.222. The minimum absolute atomic E-state index is 0.636. The molecule has 0 aliphatic rings. The SMILES string of the molecule is Cc1ccc(Cc2c(C)c(C#N)c3nc4ccccc4n3c2NCCCn2ccnc2)cc1. The van der Waals surface area contributed by atoms with Gasteiger partial charge in [-0.25, -0.2) is 9.97 Å². The zero-order valence-electron chi connectivity index (χ0n) is 18.9. The van der Waals surface area contributed by atoms with Crippen molar-refractivity contribution in [1.29, 1.82) is 5.26 Å². The topological polar surface area (TPSA) is 70.9 Å². The van der Waals surface area contributed by atoms with E-state index in [1.165, 1.54) is 11.1 Å². The number of imidazole rings is 2. The molecule has 3 heterocycles. The Balaban J connectivity index is 1.62. The molecule has 33 heavy (non-hydrogen) atoms. The Morgan fingerprint density at radius 3 is 2.64 bits per heavy atom. The molecule has 0 bridgehead atoms. The Morgan fingerprint density at radius 1 is 1.06 bits per heavy atom. The summed E-state index contributed by atoms with van der Waals surface area (Å²) >= 11 is 0. The van der Waals surface area contributed by atoms with Crippen LogP contribution in [0.5, 0.6) is 0 Å². The molecule has 6 nitrogen and oxygen atoms in total. The fourth-order valence-corrected chi connectivity index (χ4v) is 4.38. The van der Waals surface area contributed by atoms with E-state index >= 15 is 0 Å². The van der Waals surface area contributed by atoms with Crippen molar-refractivity contribution in [3.63, 3.8) is 0 Å². The summed E-state index contributed by atoms with van der Waals surface area (Å²) in [5, 5.41) is 13.7. The number of aryl methyl sites for hydroxylation is 2. The predicted octanol–water partition coefficient (Wildman–Crippen LogP) is 5.27. The first-order chi connectivity index (χ1) is 16.2. The molecule has 5 aromatic rings. The van der Waals surface area contributed by atoms with Crippen molar-refractivity contribution in [2.75, 3.05) is 11.9 Å². The lowest BCUT2D eigenvalue weighted by Gasteiger charge is -2.19. The maximum absolute atomic E-state index is 10.0. The van der Waals surface area contributed by atoms with Crippen molar-refractivity contribution >= 4 is 22.5 Å². The van der Waals surface area contributed by atoms with Gasteiger partial charge in [-0.2, -0.15) is 5.26 Å². The lowest BCUT2D eigenvalue weighted by Crippen LogP contribution is -2.14. The summed E-state index contributed by atoms with van der Waals surface area (Å²) in [6.07, 6.45) is 7.32. The molecular weight excluding hydrogens is 408 g/mol. The number of rotatable bonds is 7. The average Bonchev–Trinajstić information content (AvgIpc) is 3.48. The van der Waals surface area contributed by atoms with Crippen LogP contribution < -0.4 is 5.32 Å². The predicted molar refractivity (Wildman–Crippen MR) is 131 cm³/mol. The Bertz CT molecular complexity index is 1450. The first-order valence-corrected chi connectivity index (χ1v) is 11.2. The summed E-state index contributed by atoms with van der Waals surface area (Å²) in [5.41, 5.74) is 7.82. The Kier molecular flexibility index (Phi) is 5.54. The first kappa shape index (κ1) is 20.8. The Labute approximate surface area is 193 Å². The number of anilines is 1. The number of benzene rings is 2. The van der Waals surface area contributed by atoms with E-state index in [1.807, 2.05) is 37.6 Å². The van der Waals surface area contributed by atoms with Gasteiger partial charge in [0.05, 0.1) is 22.9 Å².